The van der Waals surface area contributed by atoms with Gasteiger partial charge in [0.1, 0.15) is 11.6 Å². The first-order chi connectivity index (χ1) is 13.1. The highest BCUT2D eigenvalue weighted by molar-refractivity contribution is 6.30. The van der Waals surface area contributed by atoms with Crippen molar-refractivity contribution >= 4 is 29.0 Å². The molecule has 0 unspecified atom stereocenters. The van der Waals surface area contributed by atoms with E-state index in [0.717, 1.165) is 23.4 Å². The molecule has 5 nitrogen and oxygen atoms in total. The Morgan fingerprint density at radius 1 is 1.11 bits per heavy atom. The van der Waals surface area contributed by atoms with Crippen LogP contribution in [0.3, 0.4) is 0 Å². The zero-order valence-electron chi connectivity index (χ0n) is 14.9. The van der Waals surface area contributed by atoms with E-state index in [9.17, 15) is 4.79 Å². The largest absolute Gasteiger partial charge is 0.497 e. The van der Waals surface area contributed by atoms with Crippen molar-refractivity contribution in [1.82, 2.24) is 10.3 Å². The molecule has 2 N–H and O–H groups in total. The number of carbonyl (C=O) groups is 1. The molecule has 0 fully saturated rings. The van der Waals surface area contributed by atoms with Gasteiger partial charge in [0.15, 0.2) is 0 Å². The molecule has 0 saturated heterocycles. The third kappa shape index (κ3) is 5.46. The summed E-state index contributed by atoms with van der Waals surface area (Å²) < 4.78 is 5.20. The summed E-state index contributed by atoms with van der Waals surface area (Å²) in [5.74, 6) is 1.32. The summed E-state index contributed by atoms with van der Waals surface area (Å²) in [4.78, 5) is 16.5. The van der Waals surface area contributed by atoms with Crippen molar-refractivity contribution in [2.24, 2.45) is 0 Å². The molecule has 1 aromatic heterocycles. The molecule has 1 amide bonds. The van der Waals surface area contributed by atoms with Gasteiger partial charge in [-0.2, -0.15) is 0 Å². The number of nitrogens with one attached hydrogen (secondary N) is 2. The molecule has 0 spiro atoms. The molecule has 3 rings (SSSR count). The van der Waals surface area contributed by atoms with E-state index in [0.29, 0.717) is 22.9 Å². The number of nitrogens with zero attached hydrogens (tertiary/aromatic N) is 1. The predicted octanol–water partition coefficient (Wildman–Crippen LogP) is 4.46. The quantitative estimate of drug-likeness (QED) is 0.634. The van der Waals surface area contributed by atoms with Crippen LogP contribution in [-0.4, -0.2) is 24.5 Å². The third-order valence-corrected chi connectivity index (χ3v) is 4.23. The second-order valence-electron chi connectivity index (χ2n) is 5.92. The summed E-state index contributed by atoms with van der Waals surface area (Å²) in [5, 5.41) is 6.74. The van der Waals surface area contributed by atoms with E-state index in [4.69, 9.17) is 16.3 Å². The standard InChI is InChI=1S/C21H20ClN3O2/c1-27-19-4-2-3-15(13-19)11-12-23-21(26)16-5-10-20(24-14-16)25-18-8-6-17(22)7-9-18/h2-10,13-14H,11-12H2,1H3,(H,23,26)(H,24,25). The van der Waals surface area contributed by atoms with Gasteiger partial charge in [-0.25, -0.2) is 4.98 Å². The molecular weight excluding hydrogens is 362 g/mol. The minimum atomic E-state index is -0.150. The molecule has 2 aromatic carbocycles. The number of anilines is 2. The molecule has 1 heterocycles. The summed E-state index contributed by atoms with van der Waals surface area (Å²) in [6.45, 7) is 0.538. The third-order valence-electron chi connectivity index (χ3n) is 3.98. The Balaban J connectivity index is 1.51. The second-order valence-corrected chi connectivity index (χ2v) is 6.36. The average Bonchev–Trinajstić information content (AvgIpc) is 2.70. The summed E-state index contributed by atoms with van der Waals surface area (Å²) in [5.41, 5.74) is 2.50. The SMILES string of the molecule is COc1cccc(CCNC(=O)c2ccc(Nc3ccc(Cl)cc3)nc2)c1. The summed E-state index contributed by atoms with van der Waals surface area (Å²) in [6.07, 6.45) is 2.28. The molecule has 0 radical (unpaired) electrons. The fourth-order valence-electron chi connectivity index (χ4n) is 2.53. The Kier molecular flexibility index (Phi) is 6.28. The van der Waals surface area contributed by atoms with E-state index in [1.165, 1.54) is 0 Å². The maximum atomic E-state index is 12.3. The van der Waals surface area contributed by atoms with Gasteiger partial charge in [-0.15, -0.1) is 0 Å². The fourth-order valence-corrected chi connectivity index (χ4v) is 2.66. The van der Waals surface area contributed by atoms with Crippen molar-refractivity contribution in [3.8, 4) is 5.75 Å². The molecule has 0 aliphatic rings. The van der Waals surface area contributed by atoms with Gasteiger partial charge in [0.25, 0.3) is 5.91 Å². The van der Waals surface area contributed by atoms with E-state index >= 15 is 0 Å². The minimum absolute atomic E-state index is 0.150. The van der Waals surface area contributed by atoms with Gasteiger partial charge in [-0.1, -0.05) is 23.7 Å². The van der Waals surface area contributed by atoms with Gasteiger partial charge in [0, 0.05) is 23.5 Å². The Bertz CT molecular complexity index is 896. The van der Waals surface area contributed by atoms with Gasteiger partial charge >= 0.3 is 0 Å². The molecular formula is C21H20ClN3O2. The number of rotatable bonds is 7. The highest BCUT2D eigenvalue weighted by Crippen LogP contribution is 2.17. The fraction of sp³-hybridized carbons (Fsp3) is 0.143. The number of amides is 1. The van der Waals surface area contributed by atoms with Gasteiger partial charge in [0.05, 0.1) is 12.7 Å². The van der Waals surface area contributed by atoms with Gasteiger partial charge in [-0.05, 0) is 60.5 Å². The first-order valence-electron chi connectivity index (χ1n) is 8.54. The molecule has 138 valence electrons. The van der Waals surface area contributed by atoms with Crippen LogP contribution in [0.5, 0.6) is 5.75 Å². The topological polar surface area (TPSA) is 63.2 Å². The van der Waals surface area contributed by atoms with Crippen LogP contribution in [0.15, 0.2) is 66.9 Å². The zero-order valence-corrected chi connectivity index (χ0v) is 15.7. The lowest BCUT2D eigenvalue weighted by atomic mass is 10.1. The number of methoxy groups -OCH3 is 1. The van der Waals surface area contributed by atoms with E-state index in [2.05, 4.69) is 15.6 Å². The predicted molar refractivity (Wildman–Crippen MR) is 108 cm³/mol. The van der Waals surface area contributed by atoms with Crippen LogP contribution in [-0.2, 0) is 6.42 Å². The van der Waals surface area contributed by atoms with Crippen molar-refractivity contribution in [1.29, 1.82) is 0 Å². The number of benzene rings is 2. The van der Waals surface area contributed by atoms with Crippen LogP contribution >= 0.6 is 11.6 Å². The first-order valence-corrected chi connectivity index (χ1v) is 8.91. The number of hydrogen-bond donors (Lipinski definition) is 2. The molecule has 0 saturated carbocycles. The number of hydrogen-bond acceptors (Lipinski definition) is 4. The smallest absolute Gasteiger partial charge is 0.252 e. The van der Waals surface area contributed by atoms with E-state index in [1.807, 2.05) is 36.4 Å². The Labute approximate surface area is 163 Å². The molecule has 27 heavy (non-hydrogen) atoms. The van der Waals surface area contributed by atoms with Crippen LogP contribution in [0.4, 0.5) is 11.5 Å². The molecule has 0 aliphatic heterocycles. The zero-order chi connectivity index (χ0) is 19.1. The minimum Gasteiger partial charge on any atom is -0.497 e. The van der Waals surface area contributed by atoms with Crippen molar-refractivity contribution in [2.75, 3.05) is 19.0 Å². The second kappa shape index (κ2) is 9.05. The van der Waals surface area contributed by atoms with Gasteiger partial charge in [0.2, 0.25) is 0 Å². The lowest BCUT2D eigenvalue weighted by Crippen LogP contribution is -2.25. The lowest BCUT2D eigenvalue weighted by molar-refractivity contribution is 0.0954. The van der Waals surface area contributed by atoms with E-state index in [-0.39, 0.29) is 5.91 Å². The lowest BCUT2D eigenvalue weighted by Gasteiger charge is -2.08. The Morgan fingerprint density at radius 3 is 2.63 bits per heavy atom. The first kappa shape index (κ1) is 18.7. The number of halogens is 1. The van der Waals surface area contributed by atoms with Crippen molar-refractivity contribution in [3.63, 3.8) is 0 Å². The van der Waals surface area contributed by atoms with Gasteiger partial charge < -0.3 is 15.4 Å². The van der Waals surface area contributed by atoms with Crippen LogP contribution in [0.25, 0.3) is 0 Å². The van der Waals surface area contributed by atoms with Crippen LogP contribution in [0.2, 0.25) is 5.02 Å². The van der Waals surface area contributed by atoms with Crippen molar-refractivity contribution in [3.05, 3.63) is 83.0 Å². The number of carbonyl (C=O) groups excluding carboxylic acids is 1. The normalized spacial score (nSPS) is 10.3. The Hall–Kier alpha value is -3.05. The van der Waals surface area contributed by atoms with Crippen molar-refractivity contribution < 1.29 is 9.53 Å². The van der Waals surface area contributed by atoms with Gasteiger partial charge in [-0.3, -0.25) is 4.79 Å². The highest BCUT2D eigenvalue weighted by Gasteiger charge is 2.06. The number of ether oxygens (including phenoxy) is 1. The summed E-state index contributed by atoms with van der Waals surface area (Å²) in [7, 11) is 1.64. The maximum Gasteiger partial charge on any atom is 0.252 e. The van der Waals surface area contributed by atoms with E-state index in [1.54, 1.807) is 37.6 Å². The average molecular weight is 382 g/mol. The molecule has 6 heteroatoms. The van der Waals surface area contributed by atoms with E-state index < -0.39 is 0 Å². The monoisotopic (exact) mass is 381 g/mol. The maximum absolute atomic E-state index is 12.3. The molecule has 0 bridgehead atoms. The van der Waals surface area contributed by atoms with Crippen LogP contribution in [0, 0.1) is 0 Å². The number of aromatic nitrogens is 1. The van der Waals surface area contributed by atoms with Crippen molar-refractivity contribution in [2.45, 2.75) is 6.42 Å². The number of pyridine rings is 1. The molecule has 3 aromatic rings. The summed E-state index contributed by atoms with van der Waals surface area (Å²) >= 11 is 5.87. The molecule has 0 atom stereocenters. The van der Waals surface area contributed by atoms with Crippen LogP contribution < -0.4 is 15.4 Å². The van der Waals surface area contributed by atoms with Crippen LogP contribution in [0.1, 0.15) is 15.9 Å². The Morgan fingerprint density at radius 2 is 1.93 bits per heavy atom. The summed E-state index contributed by atoms with van der Waals surface area (Å²) in [6, 6.07) is 18.6. The molecule has 0 aliphatic carbocycles. The highest BCUT2D eigenvalue weighted by atomic mass is 35.5.